The zero-order valence-corrected chi connectivity index (χ0v) is 10.5. The Morgan fingerprint density at radius 2 is 1.76 bits per heavy atom. The second-order valence-electron chi connectivity index (χ2n) is 4.49. The molecular formula is C16H13Cl. The van der Waals surface area contributed by atoms with Gasteiger partial charge in [-0.1, -0.05) is 53.6 Å². The van der Waals surface area contributed by atoms with Crippen molar-refractivity contribution in [3.8, 4) is 0 Å². The number of aryl methyl sites for hydroxylation is 1. The second-order valence-corrected chi connectivity index (χ2v) is 4.93. The van der Waals surface area contributed by atoms with E-state index >= 15 is 0 Å². The maximum Gasteiger partial charge on any atom is 0.0406 e. The van der Waals surface area contributed by atoms with Crippen LogP contribution in [0.2, 0.25) is 5.02 Å². The molecule has 2 aromatic carbocycles. The minimum Gasteiger partial charge on any atom is -0.0843 e. The summed E-state index contributed by atoms with van der Waals surface area (Å²) in [5, 5.41) is 0.788. The lowest BCUT2D eigenvalue weighted by atomic mass is 9.98. The molecule has 0 unspecified atom stereocenters. The summed E-state index contributed by atoms with van der Waals surface area (Å²) in [5.41, 5.74) is 6.69. The Balaban J connectivity index is 2.06. The average Bonchev–Trinajstić information content (AvgIpc) is 2.73. The molecule has 0 saturated carbocycles. The summed E-state index contributed by atoms with van der Waals surface area (Å²) >= 11 is 5.92. The van der Waals surface area contributed by atoms with Gasteiger partial charge in [0.1, 0.15) is 0 Å². The lowest BCUT2D eigenvalue weighted by Crippen LogP contribution is -1.87. The Morgan fingerprint density at radius 1 is 1.00 bits per heavy atom. The van der Waals surface area contributed by atoms with E-state index in [-0.39, 0.29) is 0 Å². The second kappa shape index (κ2) is 4.05. The van der Waals surface area contributed by atoms with Crippen LogP contribution in [0.1, 0.15) is 22.3 Å². The average molecular weight is 241 g/mol. The zero-order valence-electron chi connectivity index (χ0n) is 9.70. The number of hydrogen-bond donors (Lipinski definition) is 0. The van der Waals surface area contributed by atoms with E-state index in [1.54, 1.807) is 0 Å². The van der Waals surface area contributed by atoms with Crippen molar-refractivity contribution >= 4 is 17.2 Å². The van der Waals surface area contributed by atoms with Gasteiger partial charge in [0.2, 0.25) is 0 Å². The number of halogens is 1. The van der Waals surface area contributed by atoms with Crippen molar-refractivity contribution in [1.82, 2.24) is 0 Å². The first-order valence-electron chi connectivity index (χ1n) is 5.80. The highest BCUT2D eigenvalue weighted by molar-refractivity contribution is 6.30. The molecule has 0 radical (unpaired) electrons. The molecule has 3 rings (SSSR count). The van der Waals surface area contributed by atoms with Crippen molar-refractivity contribution in [3.63, 3.8) is 0 Å². The van der Waals surface area contributed by atoms with E-state index < -0.39 is 0 Å². The summed E-state index contributed by atoms with van der Waals surface area (Å²) in [6, 6.07) is 14.7. The van der Waals surface area contributed by atoms with E-state index in [1.165, 1.54) is 27.8 Å². The standard InChI is InChI=1S/C16H13Cl/c1-11-2-8-16-13(10-11)5-9-15(16)12-3-6-14(17)7-4-12/h2-4,6-10H,5H2,1H3. The SMILES string of the molecule is Cc1ccc2c(c1)CC=C2c1ccc(Cl)cc1. The molecule has 1 aliphatic carbocycles. The van der Waals surface area contributed by atoms with Crippen LogP contribution < -0.4 is 0 Å². The van der Waals surface area contributed by atoms with Crippen molar-refractivity contribution in [2.24, 2.45) is 0 Å². The van der Waals surface area contributed by atoms with Gasteiger partial charge in [-0.2, -0.15) is 0 Å². The maximum atomic E-state index is 5.92. The predicted molar refractivity (Wildman–Crippen MR) is 73.4 cm³/mol. The molecule has 1 aliphatic rings. The van der Waals surface area contributed by atoms with Crippen LogP contribution in [-0.4, -0.2) is 0 Å². The molecule has 0 heterocycles. The molecule has 1 heteroatoms. The Hall–Kier alpha value is -1.53. The van der Waals surface area contributed by atoms with Crippen LogP contribution in [0.15, 0.2) is 48.5 Å². The third kappa shape index (κ3) is 1.89. The summed E-state index contributed by atoms with van der Waals surface area (Å²) in [4.78, 5) is 0. The number of fused-ring (bicyclic) bond motifs is 1. The third-order valence-corrected chi connectivity index (χ3v) is 3.48. The lowest BCUT2D eigenvalue weighted by molar-refractivity contribution is 1.28. The van der Waals surface area contributed by atoms with Crippen molar-refractivity contribution < 1.29 is 0 Å². The van der Waals surface area contributed by atoms with Gasteiger partial charge >= 0.3 is 0 Å². The summed E-state index contributed by atoms with van der Waals surface area (Å²) in [6.07, 6.45) is 3.34. The highest BCUT2D eigenvalue weighted by atomic mass is 35.5. The molecule has 0 bridgehead atoms. The molecule has 0 aromatic heterocycles. The highest BCUT2D eigenvalue weighted by Gasteiger charge is 2.15. The van der Waals surface area contributed by atoms with Crippen molar-refractivity contribution in [1.29, 1.82) is 0 Å². The Morgan fingerprint density at radius 3 is 2.53 bits per heavy atom. The number of hydrogen-bond acceptors (Lipinski definition) is 0. The first-order chi connectivity index (χ1) is 8.24. The van der Waals surface area contributed by atoms with Crippen LogP contribution >= 0.6 is 11.6 Å². The van der Waals surface area contributed by atoms with Gasteiger partial charge in [-0.05, 0) is 47.7 Å². The molecule has 0 N–H and O–H groups in total. The smallest absolute Gasteiger partial charge is 0.0406 e. The molecule has 0 fully saturated rings. The topological polar surface area (TPSA) is 0 Å². The van der Waals surface area contributed by atoms with Crippen molar-refractivity contribution in [2.45, 2.75) is 13.3 Å². The highest BCUT2D eigenvalue weighted by Crippen LogP contribution is 2.33. The van der Waals surface area contributed by atoms with Crippen molar-refractivity contribution in [2.75, 3.05) is 0 Å². The van der Waals surface area contributed by atoms with Crippen LogP contribution in [0, 0.1) is 6.92 Å². The number of allylic oxidation sites excluding steroid dienone is 1. The fourth-order valence-corrected chi connectivity index (χ4v) is 2.50. The maximum absolute atomic E-state index is 5.92. The van der Waals surface area contributed by atoms with Gasteiger partial charge in [0.15, 0.2) is 0 Å². The first-order valence-corrected chi connectivity index (χ1v) is 6.18. The largest absolute Gasteiger partial charge is 0.0843 e. The van der Waals surface area contributed by atoms with Crippen LogP contribution in [0.5, 0.6) is 0 Å². The zero-order chi connectivity index (χ0) is 11.8. The third-order valence-electron chi connectivity index (χ3n) is 3.23. The molecule has 17 heavy (non-hydrogen) atoms. The van der Waals surface area contributed by atoms with Gasteiger partial charge < -0.3 is 0 Å². The lowest BCUT2D eigenvalue weighted by Gasteiger charge is -2.07. The summed E-state index contributed by atoms with van der Waals surface area (Å²) in [7, 11) is 0. The summed E-state index contributed by atoms with van der Waals surface area (Å²) < 4.78 is 0. The van der Waals surface area contributed by atoms with Gasteiger partial charge in [0.25, 0.3) is 0 Å². The summed E-state index contributed by atoms with van der Waals surface area (Å²) in [6.45, 7) is 2.14. The van der Waals surface area contributed by atoms with E-state index in [9.17, 15) is 0 Å². The van der Waals surface area contributed by atoms with Crippen LogP contribution in [0.4, 0.5) is 0 Å². The molecular weight excluding hydrogens is 228 g/mol. The Labute approximate surface area is 107 Å². The molecule has 0 nitrogen and oxygen atoms in total. The van der Waals surface area contributed by atoms with Gasteiger partial charge in [-0.3, -0.25) is 0 Å². The Kier molecular flexibility index (Phi) is 2.53. The molecule has 2 aromatic rings. The minimum absolute atomic E-state index is 0.788. The molecule has 0 aliphatic heterocycles. The van der Waals surface area contributed by atoms with E-state index in [0.29, 0.717) is 0 Å². The van der Waals surface area contributed by atoms with Crippen LogP contribution in [0.3, 0.4) is 0 Å². The monoisotopic (exact) mass is 240 g/mol. The van der Waals surface area contributed by atoms with Gasteiger partial charge in [0, 0.05) is 5.02 Å². The summed E-state index contributed by atoms with van der Waals surface area (Å²) in [5.74, 6) is 0. The van der Waals surface area contributed by atoms with Gasteiger partial charge in [-0.15, -0.1) is 0 Å². The van der Waals surface area contributed by atoms with E-state index in [2.05, 4.69) is 43.3 Å². The molecule has 0 saturated heterocycles. The molecule has 0 atom stereocenters. The van der Waals surface area contributed by atoms with Crippen LogP contribution in [-0.2, 0) is 6.42 Å². The molecule has 84 valence electrons. The fourth-order valence-electron chi connectivity index (χ4n) is 2.38. The van der Waals surface area contributed by atoms with Crippen LogP contribution in [0.25, 0.3) is 5.57 Å². The van der Waals surface area contributed by atoms with E-state index in [0.717, 1.165) is 11.4 Å². The van der Waals surface area contributed by atoms with Crippen molar-refractivity contribution in [3.05, 3.63) is 75.8 Å². The van der Waals surface area contributed by atoms with Gasteiger partial charge in [-0.25, -0.2) is 0 Å². The minimum atomic E-state index is 0.788. The Bertz CT molecular complexity index is 591. The normalized spacial score (nSPS) is 13.4. The number of rotatable bonds is 1. The number of benzene rings is 2. The first kappa shape index (κ1) is 10.6. The molecule has 0 amide bonds. The van der Waals surface area contributed by atoms with Gasteiger partial charge in [0.05, 0.1) is 0 Å². The predicted octanol–water partition coefficient (Wildman–Crippen LogP) is 4.64. The quantitative estimate of drug-likeness (QED) is 0.682. The fraction of sp³-hybridized carbons (Fsp3) is 0.125. The van der Waals surface area contributed by atoms with E-state index in [1.807, 2.05) is 12.1 Å². The van der Waals surface area contributed by atoms with E-state index in [4.69, 9.17) is 11.6 Å². The molecule has 0 spiro atoms.